The zero-order valence-corrected chi connectivity index (χ0v) is 10.9. The van der Waals surface area contributed by atoms with Gasteiger partial charge in [-0.2, -0.15) is 0 Å². The summed E-state index contributed by atoms with van der Waals surface area (Å²) in [6, 6.07) is 5.08. The van der Waals surface area contributed by atoms with Crippen LogP contribution in [0.5, 0.6) is 5.75 Å². The summed E-state index contributed by atoms with van der Waals surface area (Å²) < 4.78 is 0. The zero-order valence-electron chi connectivity index (χ0n) is 10.9. The molecule has 2 amide bonds. The van der Waals surface area contributed by atoms with E-state index in [1.54, 1.807) is 18.2 Å². The highest BCUT2D eigenvalue weighted by Gasteiger charge is 2.14. The zero-order chi connectivity index (χ0) is 14.0. The van der Waals surface area contributed by atoms with E-state index >= 15 is 0 Å². The van der Waals surface area contributed by atoms with E-state index in [0.29, 0.717) is 13.0 Å². The summed E-state index contributed by atoms with van der Waals surface area (Å²) in [5, 5.41) is 10.4. The van der Waals surface area contributed by atoms with Gasteiger partial charge in [0.1, 0.15) is 5.75 Å². The molecule has 0 saturated heterocycles. The Labute approximate surface area is 110 Å². The van der Waals surface area contributed by atoms with Gasteiger partial charge < -0.3 is 10.1 Å². The smallest absolute Gasteiger partial charge is 0.226 e. The molecule has 100 valence electrons. The van der Waals surface area contributed by atoms with Crippen molar-refractivity contribution in [1.29, 1.82) is 0 Å². The molecule has 0 spiro atoms. The first-order chi connectivity index (χ1) is 8.99. The Morgan fingerprint density at radius 2 is 1.95 bits per heavy atom. The highest BCUT2D eigenvalue weighted by molar-refractivity contribution is 5.93. The van der Waals surface area contributed by atoms with Crippen LogP contribution in [-0.2, 0) is 16.0 Å². The van der Waals surface area contributed by atoms with E-state index in [0.717, 1.165) is 16.5 Å². The third kappa shape index (κ3) is 2.76. The second-order valence-electron chi connectivity index (χ2n) is 4.48. The molecule has 0 aliphatic rings. The molecule has 0 radical (unpaired) electrons. The van der Waals surface area contributed by atoms with E-state index < -0.39 is 0 Å². The molecule has 2 rings (SSSR count). The van der Waals surface area contributed by atoms with Crippen LogP contribution in [0.25, 0.3) is 10.9 Å². The van der Waals surface area contributed by atoms with Crippen molar-refractivity contribution in [2.45, 2.75) is 20.3 Å². The first-order valence-electron chi connectivity index (χ1n) is 6.06. The summed E-state index contributed by atoms with van der Waals surface area (Å²) in [6.07, 6.45) is 2.39. The second kappa shape index (κ2) is 5.14. The third-order valence-electron chi connectivity index (χ3n) is 3.12. The monoisotopic (exact) mass is 260 g/mol. The molecule has 0 aliphatic carbocycles. The van der Waals surface area contributed by atoms with Gasteiger partial charge in [-0.15, -0.1) is 0 Å². The standard InChI is InChI=1S/C14H16N2O3/c1-9(17)16(10(2)18)6-5-11-8-15-14-4-3-12(19)7-13(11)14/h3-4,7-8,15,19H,5-6H2,1-2H3. The van der Waals surface area contributed by atoms with Gasteiger partial charge in [0.05, 0.1) is 0 Å². The molecule has 19 heavy (non-hydrogen) atoms. The van der Waals surface area contributed by atoms with Crippen molar-refractivity contribution < 1.29 is 14.7 Å². The van der Waals surface area contributed by atoms with Crippen molar-refractivity contribution in [2.75, 3.05) is 6.54 Å². The lowest BCUT2D eigenvalue weighted by Crippen LogP contribution is -2.34. The molecule has 1 heterocycles. The summed E-state index contributed by atoms with van der Waals surface area (Å²) in [6.45, 7) is 3.10. The number of rotatable bonds is 3. The van der Waals surface area contributed by atoms with Crippen molar-refractivity contribution in [2.24, 2.45) is 0 Å². The van der Waals surface area contributed by atoms with Crippen LogP contribution in [0.2, 0.25) is 0 Å². The van der Waals surface area contributed by atoms with E-state index in [-0.39, 0.29) is 17.6 Å². The normalized spacial score (nSPS) is 10.6. The number of phenolic OH excluding ortho intramolecular Hbond substituents is 1. The Hall–Kier alpha value is -2.30. The number of amides is 2. The molecule has 1 aromatic heterocycles. The van der Waals surface area contributed by atoms with Crippen LogP contribution < -0.4 is 0 Å². The van der Waals surface area contributed by atoms with Crippen LogP contribution in [0.15, 0.2) is 24.4 Å². The lowest BCUT2D eigenvalue weighted by Gasteiger charge is -2.16. The maximum atomic E-state index is 11.3. The Bertz CT molecular complexity index is 617. The lowest BCUT2D eigenvalue weighted by molar-refractivity contribution is -0.141. The quantitative estimate of drug-likeness (QED) is 0.884. The maximum Gasteiger partial charge on any atom is 0.226 e. The molecule has 2 aromatic rings. The largest absolute Gasteiger partial charge is 0.508 e. The topological polar surface area (TPSA) is 73.4 Å². The first kappa shape index (κ1) is 13.1. The highest BCUT2D eigenvalue weighted by Crippen LogP contribution is 2.23. The summed E-state index contributed by atoms with van der Waals surface area (Å²) in [4.78, 5) is 26.9. The van der Waals surface area contributed by atoms with Crippen LogP contribution in [0.3, 0.4) is 0 Å². The number of imide groups is 1. The molecule has 0 aliphatic heterocycles. The summed E-state index contributed by atoms with van der Waals surface area (Å²) in [7, 11) is 0. The van der Waals surface area contributed by atoms with Gasteiger partial charge in [-0.25, -0.2) is 0 Å². The summed E-state index contributed by atoms with van der Waals surface area (Å²) in [5.41, 5.74) is 1.89. The minimum atomic E-state index is -0.254. The number of benzene rings is 1. The van der Waals surface area contributed by atoms with Gasteiger partial charge in [-0.1, -0.05) is 0 Å². The third-order valence-corrected chi connectivity index (χ3v) is 3.12. The molecule has 0 atom stereocenters. The van der Waals surface area contributed by atoms with Gasteiger partial charge in [-0.05, 0) is 30.2 Å². The number of aromatic amines is 1. The predicted molar refractivity (Wildman–Crippen MR) is 71.7 cm³/mol. The number of fused-ring (bicyclic) bond motifs is 1. The number of carbonyl (C=O) groups excluding carboxylic acids is 2. The minimum absolute atomic E-state index is 0.198. The first-order valence-corrected chi connectivity index (χ1v) is 6.06. The van der Waals surface area contributed by atoms with Crippen LogP contribution in [0.1, 0.15) is 19.4 Å². The van der Waals surface area contributed by atoms with E-state index in [2.05, 4.69) is 4.98 Å². The van der Waals surface area contributed by atoms with E-state index in [1.807, 2.05) is 6.20 Å². The van der Waals surface area contributed by atoms with Crippen LogP contribution in [0.4, 0.5) is 0 Å². The Morgan fingerprint density at radius 1 is 1.26 bits per heavy atom. The number of carbonyl (C=O) groups is 2. The van der Waals surface area contributed by atoms with E-state index in [9.17, 15) is 14.7 Å². The van der Waals surface area contributed by atoms with Gasteiger partial charge in [0.15, 0.2) is 0 Å². The lowest BCUT2D eigenvalue weighted by atomic mass is 10.1. The Balaban J connectivity index is 2.20. The fourth-order valence-electron chi connectivity index (χ4n) is 2.14. The Morgan fingerprint density at radius 3 is 2.58 bits per heavy atom. The molecule has 0 fully saturated rings. The van der Waals surface area contributed by atoms with Gasteiger partial charge >= 0.3 is 0 Å². The highest BCUT2D eigenvalue weighted by atomic mass is 16.3. The van der Waals surface area contributed by atoms with Crippen molar-refractivity contribution in [1.82, 2.24) is 9.88 Å². The molecule has 0 unspecified atom stereocenters. The molecule has 0 bridgehead atoms. The SMILES string of the molecule is CC(=O)N(CCc1c[nH]c2ccc(O)cc12)C(C)=O. The van der Waals surface area contributed by atoms with Crippen LogP contribution in [0, 0.1) is 0 Å². The van der Waals surface area contributed by atoms with Gasteiger partial charge in [0, 0.05) is 37.5 Å². The molecule has 1 aromatic carbocycles. The van der Waals surface area contributed by atoms with E-state index in [1.165, 1.54) is 18.7 Å². The predicted octanol–water partition coefficient (Wildman–Crippen LogP) is 1.81. The number of H-pyrrole nitrogens is 1. The van der Waals surface area contributed by atoms with E-state index in [4.69, 9.17) is 0 Å². The van der Waals surface area contributed by atoms with Crippen molar-refractivity contribution in [3.63, 3.8) is 0 Å². The van der Waals surface area contributed by atoms with Crippen molar-refractivity contribution >= 4 is 22.7 Å². The van der Waals surface area contributed by atoms with Gasteiger partial charge in [0.25, 0.3) is 0 Å². The van der Waals surface area contributed by atoms with Crippen LogP contribution >= 0.6 is 0 Å². The molecular weight excluding hydrogens is 244 g/mol. The van der Waals surface area contributed by atoms with Gasteiger partial charge in [-0.3, -0.25) is 14.5 Å². The fraction of sp³-hybridized carbons (Fsp3) is 0.286. The maximum absolute atomic E-state index is 11.3. The average molecular weight is 260 g/mol. The average Bonchev–Trinajstić information content (AvgIpc) is 2.71. The summed E-state index contributed by atoms with van der Waals surface area (Å²) in [5.74, 6) is -0.311. The number of nitrogens with zero attached hydrogens (tertiary/aromatic N) is 1. The molecule has 2 N–H and O–H groups in total. The Kier molecular flexibility index (Phi) is 3.55. The van der Waals surface area contributed by atoms with Crippen molar-refractivity contribution in [3.8, 4) is 5.75 Å². The van der Waals surface area contributed by atoms with Crippen molar-refractivity contribution in [3.05, 3.63) is 30.0 Å². The summed E-state index contributed by atoms with van der Waals surface area (Å²) >= 11 is 0. The second-order valence-corrected chi connectivity index (χ2v) is 4.48. The molecular formula is C14H16N2O3. The molecule has 0 saturated carbocycles. The number of aromatic hydroxyl groups is 1. The molecule has 5 nitrogen and oxygen atoms in total. The minimum Gasteiger partial charge on any atom is -0.508 e. The fourth-order valence-corrected chi connectivity index (χ4v) is 2.14. The number of hydrogen-bond acceptors (Lipinski definition) is 3. The molecule has 5 heteroatoms. The number of phenols is 1. The number of aromatic nitrogens is 1. The number of hydrogen-bond donors (Lipinski definition) is 2. The number of nitrogens with one attached hydrogen (secondary N) is 1. The van der Waals surface area contributed by atoms with Gasteiger partial charge in [0.2, 0.25) is 11.8 Å². The van der Waals surface area contributed by atoms with Crippen LogP contribution in [-0.4, -0.2) is 33.3 Å².